The number of benzene rings is 2. The van der Waals surface area contributed by atoms with Crippen molar-refractivity contribution in [2.45, 2.75) is 19.5 Å². The molecule has 0 radical (unpaired) electrons. The number of piperazine rings is 1. The second kappa shape index (κ2) is 8.26. The Bertz CT molecular complexity index is 944. The summed E-state index contributed by atoms with van der Waals surface area (Å²) >= 11 is 0. The van der Waals surface area contributed by atoms with Crippen LogP contribution in [0, 0.1) is 6.92 Å². The van der Waals surface area contributed by atoms with Crippen molar-refractivity contribution >= 4 is 11.9 Å². The fraction of sp³-hybridized carbons (Fsp3) is 0.391. The SMILES string of the molecule is COc1ccc(C(=O)N2CCN3C(=O)N(Cc4ccc(C)cc4)C[C@H]3C2)cc1OC. The van der Waals surface area contributed by atoms with Gasteiger partial charge < -0.3 is 24.2 Å². The first-order valence-electron chi connectivity index (χ1n) is 10.1. The highest BCUT2D eigenvalue weighted by molar-refractivity contribution is 5.95. The van der Waals surface area contributed by atoms with Crippen LogP contribution in [0.1, 0.15) is 21.5 Å². The largest absolute Gasteiger partial charge is 0.493 e. The van der Waals surface area contributed by atoms with E-state index in [4.69, 9.17) is 9.47 Å². The zero-order valence-corrected chi connectivity index (χ0v) is 17.6. The second-order valence-corrected chi connectivity index (χ2v) is 7.82. The van der Waals surface area contributed by atoms with Crippen molar-refractivity contribution in [2.75, 3.05) is 40.4 Å². The summed E-state index contributed by atoms with van der Waals surface area (Å²) in [7, 11) is 3.12. The van der Waals surface area contributed by atoms with Crippen LogP contribution in [0.4, 0.5) is 4.79 Å². The number of carbonyl (C=O) groups excluding carboxylic acids is 2. The van der Waals surface area contributed by atoms with E-state index < -0.39 is 0 Å². The second-order valence-electron chi connectivity index (χ2n) is 7.82. The molecular formula is C23H27N3O4. The normalized spacial score (nSPS) is 18.4. The summed E-state index contributed by atoms with van der Waals surface area (Å²) in [5.41, 5.74) is 2.88. The van der Waals surface area contributed by atoms with Gasteiger partial charge in [-0.05, 0) is 30.7 Å². The third-order valence-electron chi connectivity index (χ3n) is 5.84. The van der Waals surface area contributed by atoms with E-state index >= 15 is 0 Å². The lowest BCUT2D eigenvalue weighted by Crippen LogP contribution is -2.53. The smallest absolute Gasteiger partial charge is 0.320 e. The summed E-state index contributed by atoms with van der Waals surface area (Å²) in [6, 6.07) is 13.5. The van der Waals surface area contributed by atoms with Crippen LogP contribution in [0.25, 0.3) is 0 Å². The number of nitrogens with zero attached hydrogens (tertiary/aromatic N) is 3. The molecule has 3 amide bonds. The lowest BCUT2D eigenvalue weighted by atomic mass is 10.1. The van der Waals surface area contributed by atoms with Crippen LogP contribution >= 0.6 is 0 Å². The molecule has 2 aliphatic rings. The van der Waals surface area contributed by atoms with Crippen LogP contribution in [0.5, 0.6) is 11.5 Å². The molecule has 7 nitrogen and oxygen atoms in total. The Balaban J connectivity index is 1.43. The molecule has 4 rings (SSSR count). The van der Waals surface area contributed by atoms with Gasteiger partial charge in [-0.3, -0.25) is 4.79 Å². The van der Waals surface area contributed by atoms with Crippen molar-refractivity contribution in [3.63, 3.8) is 0 Å². The average Bonchev–Trinajstić information content (AvgIpc) is 3.08. The molecule has 0 spiro atoms. The Morgan fingerprint density at radius 3 is 2.43 bits per heavy atom. The first-order chi connectivity index (χ1) is 14.5. The van der Waals surface area contributed by atoms with Crippen molar-refractivity contribution in [1.82, 2.24) is 14.7 Å². The van der Waals surface area contributed by atoms with Gasteiger partial charge in [-0.1, -0.05) is 29.8 Å². The van der Waals surface area contributed by atoms with Gasteiger partial charge in [0.1, 0.15) is 0 Å². The van der Waals surface area contributed by atoms with Crippen molar-refractivity contribution in [3.05, 3.63) is 59.2 Å². The Morgan fingerprint density at radius 1 is 1.00 bits per heavy atom. The Kier molecular flexibility index (Phi) is 5.53. The number of aryl methyl sites for hydroxylation is 1. The molecule has 0 N–H and O–H groups in total. The van der Waals surface area contributed by atoms with Gasteiger partial charge in [-0.2, -0.15) is 0 Å². The molecule has 2 heterocycles. The number of hydrogen-bond donors (Lipinski definition) is 0. The summed E-state index contributed by atoms with van der Waals surface area (Å²) in [6.07, 6.45) is 0. The van der Waals surface area contributed by atoms with E-state index in [-0.39, 0.29) is 18.0 Å². The fourth-order valence-corrected chi connectivity index (χ4v) is 4.16. The van der Waals surface area contributed by atoms with E-state index in [1.807, 2.05) is 14.7 Å². The van der Waals surface area contributed by atoms with E-state index in [0.29, 0.717) is 49.8 Å². The Labute approximate surface area is 176 Å². The van der Waals surface area contributed by atoms with E-state index in [1.54, 1.807) is 32.4 Å². The highest BCUT2D eigenvalue weighted by atomic mass is 16.5. The maximum atomic E-state index is 13.1. The molecule has 1 atom stereocenters. The van der Waals surface area contributed by atoms with E-state index in [9.17, 15) is 9.59 Å². The molecule has 2 aromatic carbocycles. The molecule has 158 valence electrons. The molecule has 0 bridgehead atoms. The lowest BCUT2D eigenvalue weighted by Gasteiger charge is -2.36. The van der Waals surface area contributed by atoms with Crippen molar-refractivity contribution in [3.8, 4) is 11.5 Å². The summed E-state index contributed by atoms with van der Waals surface area (Å²) in [5, 5.41) is 0. The summed E-state index contributed by atoms with van der Waals surface area (Å²) < 4.78 is 10.6. The lowest BCUT2D eigenvalue weighted by molar-refractivity contribution is 0.0616. The highest BCUT2D eigenvalue weighted by Crippen LogP contribution is 2.29. The predicted octanol–water partition coefficient (Wildman–Crippen LogP) is 2.77. The van der Waals surface area contributed by atoms with Crippen LogP contribution in [-0.4, -0.2) is 73.1 Å². The maximum Gasteiger partial charge on any atom is 0.320 e. The zero-order chi connectivity index (χ0) is 21.3. The van der Waals surface area contributed by atoms with Crippen molar-refractivity contribution in [1.29, 1.82) is 0 Å². The zero-order valence-electron chi connectivity index (χ0n) is 17.6. The number of fused-ring (bicyclic) bond motifs is 1. The van der Waals surface area contributed by atoms with E-state index in [0.717, 1.165) is 5.56 Å². The summed E-state index contributed by atoms with van der Waals surface area (Å²) in [4.78, 5) is 31.5. The molecule has 2 saturated heterocycles. The molecule has 2 aromatic rings. The highest BCUT2D eigenvalue weighted by Gasteiger charge is 2.41. The fourth-order valence-electron chi connectivity index (χ4n) is 4.16. The topological polar surface area (TPSA) is 62.3 Å². The van der Waals surface area contributed by atoms with Gasteiger partial charge >= 0.3 is 6.03 Å². The first kappa shape index (κ1) is 20.1. The summed E-state index contributed by atoms with van der Waals surface area (Å²) in [5.74, 6) is 1.06. The van der Waals surface area contributed by atoms with Gasteiger partial charge in [0.05, 0.1) is 20.3 Å². The van der Waals surface area contributed by atoms with Crippen molar-refractivity contribution < 1.29 is 19.1 Å². The van der Waals surface area contributed by atoms with Gasteiger partial charge in [-0.15, -0.1) is 0 Å². The van der Waals surface area contributed by atoms with Crippen LogP contribution in [0.2, 0.25) is 0 Å². The van der Waals surface area contributed by atoms with Gasteiger partial charge in [0.2, 0.25) is 0 Å². The Hall–Kier alpha value is -3.22. The third kappa shape index (κ3) is 3.79. The molecule has 0 aliphatic carbocycles. The standard InChI is InChI=1S/C23H27N3O4/c1-16-4-6-17(7-5-16)13-25-15-19-14-24(10-11-26(19)23(25)28)22(27)18-8-9-20(29-2)21(12-18)30-3/h4-9,12,19H,10-11,13-15H2,1-3H3/t19-/m1/s1. The average molecular weight is 409 g/mol. The van der Waals surface area contributed by atoms with Gasteiger partial charge in [0.15, 0.2) is 11.5 Å². The first-order valence-corrected chi connectivity index (χ1v) is 10.1. The number of urea groups is 1. The monoisotopic (exact) mass is 409 g/mol. The van der Waals surface area contributed by atoms with Crippen LogP contribution in [0.15, 0.2) is 42.5 Å². The van der Waals surface area contributed by atoms with Gasteiger partial charge in [-0.25, -0.2) is 4.79 Å². The van der Waals surface area contributed by atoms with Crippen molar-refractivity contribution in [2.24, 2.45) is 0 Å². The van der Waals surface area contributed by atoms with Crippen LogP contribution in [0.3, 0.4) is 0 Å². The number of methoxy groups -OCH3 is 2. The van der Waals surface area contributed by atoms with E-state index in [2.05, 4.69) is 31.2 Å². The maximum absolute atomic E-state index is 13.1. The molecule has 7 heteroatoms. The molecule has 0 saturated carbocycles. The number of amides is 3. The minimum atomic E-state index is -0.0555. The number of carbonyl (C=O) groups is 2. The summed E-state index contributed by atoms with van der Waals surface area (Å²) in [6.45, 7) is 4.87. The number of rotatable bonds is 5. The van der Waals surface area contributed by atoms with Crippen LogP contribution < -0.4 is 9.47 Å². The molecule has 2 fully saturated rings. The van der Waals surface area contributed by atoms with Gasteiger partial charge in [0, 0.05) is 38.3 Å². The molecule has 30 heavy (non-hydrogen) atoms. The van der Waals surface area contributed by atoms with E-state index in [1.165, 1.54) is 5.56 Å². The molecule has 0 unspecified atom stereocenters. The van der Waals surface area contributed by atoms with Crippen LogP contribution in [-0.2, 0) is 6.54 Å². The number of hydrogen-bond acceptors (Lipinski definition) is 4. The number of ether oxygens (including phenoxy) is 2. The minimum Gasteiger partial charge on any atom is -0.493 e. The molecule has 0 aromatic heterocycles. The third-order valence-corrected chi connectivity index (χ3v) is 5.84. The van der Waals surface area contributed by atoms with Gasteiger partial charge in [0.25, 0.3) is 5.91 Å². The predicted molar refractivity (Wildman–Crippen MR) is 113 cm³/mol. The Morgan fingerprint density at radius 2 is 1.73 bits per heavy atom. The molecular weight excluding hydrogens is 382 g/mol. The molecule has 2 aliphatic heterocycles. The quantitative estimate of drug-likeness (QED) is 0.762. The minimum absolute atomic E-state index is 0.0146.